The number of halogens is 2. The first kappa shape index (κ1) is 17.1. The Balaban J connectivity index is 2.68. The average molecular weight is 367 g/mol. The largest absolute Gasteiger partial charge is 0.355 e. The van der Waals surface area contributed by atoms with Crippen LogP contribution >= 0.6 is 15.9 Å². The van der Waals surface area contributed by atoms with Crippen molar-refractivity contribution in [1.82, 2.24) is 10.0 Å². The topological polar surface area (TPSA) is 75.3 Å². The molecule has 1 aromatic rings. The lowest BCUT2D eigenvalue weighted by molar-refractivity contribution is -0.120. The molecule has 20 heavy (non-hydrogen) atoms. The van der Waals surface area contributed by atoms with Crippen LogP contribution in [-0.4, -0.2) is 27.4 Å². The molecule has 0 saturated carbocycles. The van der Waals surface area contributed by atoms with Gasteiger partial charge in [0.1, 0.15) is 10.7 Å². The van der Waals surface area contributed by atoms with Crippen molar-refractivity contribution >= 4 is 31.9 Å². The van der Waals surface area contributed by atoms with Gasteiger partial charge in [0, 0.05) is 11.0 Å². The van der Waals surface area contributed by atoms with Crippen LogP contribution in [0.4, 0.5) is 4.39 Å². The van der Waals surface area contributed by atoms with Gasteiger partial charge < -0.3 is 5.32 Å². The van der Waals surface area contributed by atoms with E-state index in [1.807, 2.05) is 13.8 Å². The second-order valence-electron chi connectivity index (χ2n) is 4.60. The summed E-state index contributed by atoms with van der Waals surface area (Å²) in [7, 11) is -4.05. The van der Waals surface area contributed by atoms with Crippen molar-refractivity contribution in [1.29, 1.82) is 0 Å². The van der Waals surface area contributed by atoms with Gasteiger partial charge in [-0.15, -0.1) is 0 Å². The molecule has 112 valence electrons. The summed E-state index contributed by atoms with van der Waals surface area (Å²) in [5.41, 5.74) is 0. The molecule has 1 rings (SSSR count). The fraction of sp³-hybridized carbons (Fsp3) is 0.417. The molecule has 0 radical (unpaired) electrons. The Bertz CT molecular complexity index is 590. The van der Waals surface area contributed by atoms with E-state index in [0.29, 0.717) is 11.0 Å². The molecular weight excluding hydrogens is 351 g/mol. The summed E-state index contributed by atoms with van der Waals surface area (Å²) >= 11 is 3.04. The number of hydrogen-bond acceptors (Lipinski definition) is 3. The third kappa shape index (κ3) is 5.18. The lowest BCUT2D eigenvalue weighted by Gasteiger charge is -2.10. The van der Waals surface area contributed by atoms with E-state index in [2.05, 4.69) is 26.0 Å². The molecule has 8 heteroatoms. The number of amides is 1. The van der Waals surface area contributed by atoms with Crippen molar-refractivity contribution in [2.24, 2.45) is 5.92 Å². The van der Waals surface area contributed by atoms with Gasteiger partial charge in [0.25, 0.3) is 0 Å². The predicted octanol–water partition coefficient (Wildman–Crippen LogP) is 1.64. The molecule has 1 amide bonds. The summed E-state index contributed by atoms with van der Waals surface area (Å²) in [6.45, 7) is 3.86. The first-order chi connectivity index (χ1) is 9.22. The second kappa shape index (κ2) is 7.14. The van der Waals surface area contributed by atoms with Crippen LogP contribution in [0.5, 0.6) is 0 Å². The van der Waals surface area contributed by atoms with Gasteiger partial charge in [-0.2, -0.15) is 0 Å². The van der Waals surface area contributed by atoms with Crippen LogP contribution in [-0.2, 0) is 14.8 Å². The Labute approximate surface area is 126 Å². The van der Waals surface area contributed by atoms with E-state index >= 15 is 0 Å². The zero-order valence-electron chi connectivity index (χ0n) is 11.1. The van der Waals surface area contributed by atoms with Crippen LogP contribution in [0.2, 0.25) is 0 Å². The van der Waals surface area contributed by atoms with E-state index < -0.39 is 33.2 Å². The van der Waals surface area contributed by atoms with E-state index in [0.717, 1.165) is 12.1 Å². The van der Waals surface area contributed by atoms with E-state index in [1.54, 1.807) is 0 Å². The minimum absolute atomic E-state index is 0.263. The molecule has 5 nitrogen and oxygen atoms in total. The number of sulfonamides is 1. The molecule has 1 aromatic carbocycles. The lowest BCUT2D eigenvalue weighted by Crippen LogP contribution is -2.38. The molecule has 0 aliphatic heterocycles. The summed E-state index contributed by atoms with van der Waals surface area (Å²) < 4.78 is 39.8. The maximum absolute atomic E-state index is 13.6. The molecule has 0 aliphatic rings. The van der Waals surface area contributed by atoms with Crippen molar-refractivity contribution in [2.45, 2.75) is 18.7 Å². The number of hydrogen-bond donors (Lipinski definition) is 2. The molecular formula is C12H16BrFN2O3S. The molecule has 0 heterocycles. The molecule has 0 fully saturated rings. The molecule has 0 bridgehead atoms. The molecule has 0 spiro atoms. The van der Waals surface area contributed by atoms with Crippen molar-refractivity contribution < 1.29 is 17.6 Å². The Kier molecular flexibility index (Phi) is 6.09. The highest BCUT2D eigenvalue weighted by molar-refractivity contribution is 9.10. The monoisotopic (exact) mass is 366 g/mol. The SMILES string of the molecule is CC(C)CNC(=O)CNS(=O)(=O)c1ccc(Br)cc1F. The van der Waals surface area contributed by atoms with Gasteiger partial charge in [-0.1, -0.05) is 29.8 Å². The van der Waals surface area contributed by atoms with Crippen LogP contribution in [0, 0.1) is 11.7 Å². The maximum Gasteiger partial charge on any atom is 0.243 e. The van der Waals surface area contributed by atoms with Crippen molar-refractivity contribution in [3.63, 3.8) is 0 Å². The Hall–Kier alpha value is -0.990. The highest BCUT2D eigenvalue weighted by Crippen LogP contribution is 2.18. The zero-order valence-corrected chi connectivity index (χ0v) is 13.5. The van der Waals surface area contributed by atoms with Crippen LogP contribution in [0.15, 0.2) is 27.6 Å². The summed E-state index contributed by atoms with van der Waals surface area (Å²) in [6, 6.07) is 3.59. The summed E-state index contributed by atoms with van der Waals surface area (Å²) in [5, 5.41) is 2.56. The summed E-state index contributed by atoms with van der Waals surface area (Å²) in [6.07, 6.45) is 0. The van der Waals surface area contributed by atoms with Gasteiger partial charge in [-0.25, -0.2) is 17.5 Å². The molecule has 0 aliphatic carbocycles. The molecule has 0 aromatic heterocycles. The minimum Gasteiger partial charge on any atom is -0.355 e. The zero-order chi connectivity index (χ0) is 15.3. The van der Waals surface area contributed by atoms with E-state index in [4.69, 9.17) is 0 Å². The van der Waals surface area contributed by atoms with Gasteiger partial charge >= 0.3 is 0 Å². The van der Waals surface area contributed by atoms with Crippen LogP contribution in [0.3, 0.4) is 0 Å². The smallest absolute Gasteiger partial charge is 0.243 e. The number of benzene rings is 1. The number of carbonyl (C=O) groups is 1. The van der Waals surface area contributed by atoms with Crippen LogP contribution < -0.4 is 10.0 Å². The van der Waals surface area contributed by atoms with Crippen molar-refractivity contribution in [3.05, 3.63) is 28.5 Å². The van der Waals surface area contributed by atoms with E-state index in [-0.39, 0.29) is 5.92 Å². The first-order valence-electron chi connectivity index (χ1n) is 5.94. The quantitative estimate of drug-likeness (QED) is 0.803. The van der Waals surface area contributed by atoms with Crippen molar-refractivity contribution in [2.75, 3.05) is 13.1 Å². The summed E-state index contributed by atoms with van der Waals surface area (Å²) in [5.74, 6) is -1.08. The Morgan fingerprint density at radius 1 is 1.40 bits per heavy atom. The molecule has 0 unspecified atom stereocenters. The maximum atomic E-state index is 13.6. The molecule has 0 atom stereocenters. The average Bonchev–Trinajstić information content (AvgIpc) is 2.33. The van der Waals surface area contributed by atoms with E-state index in [9.17, 15) is 17.6 Å². The van der Waals surface area contributed by atoms with Gasteiger partial charge in [-0.05, 0) is 24.1 Å². The standard InChI is InChI=1S/C12H16BrFN2O3S/c1-8(2)6-15-12(17)7-16-20(18,19)11-4-3-9(13)5-10(11)14/h3-5,8,16H,6-7H2,1-2H3,(H,15,17). The third-order valence-electron chi connectivity index (χ3n) is 2.31. The van der Waals surface area contributed by atoms with Crippen LogP contribution in [0.25, 0.3) is 0 Å². The van der Waals surface area contributed by atoms with E-state index in [1.165, 1.54) is 6.07 Å². The normalized spacial score (nSPS) is 11.7. The Morgan fingerprint density at radius 2 is 2.05 bits per heavy atom. The van der Waals surface area contributed by atoms with Gasteiger partial charge in [0.2, 0.25) is 15.9 Å². The highest BCUT2D eigenvalue weighted by Gasteiger charge is 2.19. The van der Waals surface area contributed by atoms with Gasteiger partial charge in [-0.3, -0.25) is 4.79 Å². The number of carbonyl (C=O) groups excluding carboxylic acids is 1. The second-order valence-corrected chi connectivity index (χ2v) is 7.25. The van der Waals surface area contributed by atoms with Crippen molar-refractivity contribution in [3.8, 4) is 0 Å². The number of rotatable bonds is 6. The lowest BCUT2D eigenvalue weighted by atomic mass is 10.2. The first-order valence-corrected chi connectivity index (χ1v) is 8.21. The molecule has 2 N–H and O–H groups in total. The third-order valence-corrected chi connectivity index (χ3v) is 4.24. The van der Waals surface area contributed by atoms with Gasteiger partial charge in [0.15, 0.2) is 0 Å². The number of nitrogens with one attached hydrogen (secondary N) is 2. The highest BCUT2D eigenvalue weighted by atomic mass is 79.9. The molecule has 0 saturated heterocycles. The fourth-order valence-corrected chi connectivity index (χ4v) is 2.68. The predicted molar refractivity (Wildman–Crippen MR) is 77.1 cm³/mol. The fourth-order valence-electron chi connectivity index (χ4n) is 1.31. The summed E-state index contributed by atoms with van der Waals surface area (Å²) in [4.78, 5) is 10.9. The Morgan fingerprint density at radius 3 is 2.60 bits per heavy atom. The van der Waals surface area contributed by atoms with Crippen LogP contribution in [0.1, 0.15) is 13.8 Å². The minimum atomic E-state index is -4.05. The van der Waals surface area contributed by atoms with Gasteiger partial charge in [0.05, 0.1) is 6.54 Å².